The number of nitrogens with one attached hydrogen (secondary N) is 1. The third-order valence-electron chi connectivity index (χ3n) is 0.760. The van der Waals surface area contributed by atoms with Crippen molar-refractivity contribution in [2.75, 3.05) is 0 Å². The zero-order valence-electron chi connectivity index (χ0n) is 6.00. The van der Waals surface area contributed by atoms with Crippen molar-refractivity contribution in [2.24, 2.45) is 0 Å². The van der Waals surface area contributed by atoms with E-state index in [1.165, 1.54) is 4.13 Å². The molecule has 0 heterocycles. The molecule has 2 unspecified atom stereocenters. The van der Waals surface area contributed by atoms with Gasteiger partial charge in [0.2, 0.25) is 0 Å². The molecule has 13 heavy (non-hydrogen) atoms. The highest BCUT2D eigenvalue weighted by Gasteiger charge is 2.37. The van der Waals surface area contributed by atoms with Crippen LogP contribution in [0, 0.1) is 0 Å². The minimum absolute atomic E-state index is 1.24. The molecule has 0 saturated carbocycles. The Morgan fingerprint density at radius 2 is 1.00 bits per heavy atom. The number of hydrogen-bond acceptors (Lipinski definition) is 1. The number of alkyl halides is 6. The van der Waals surface area contributed by atoms with E-state index in [4.69, 9.17) is 0 Å². The van der Waals surface area contributed by atoms with Gasteiger partial charge >= 0.3 is 11.0 Å². The Kier molecular flexibility index (Phi) is 4.00. The lowest BCUT2D eigenvalue weighted by Gasteiger charge is -2.16. The molecule has 0 aromatic carbocycles. The van der Waals surface area contributed by atoms with Gasteiger partial charge in [0.1, 0.15) is 0 Å². The molecule has 80 valence electrons. The Hall–Kier alpha value is -0.0200. The van der Waals surface area contributed by atoms with Crippen LogP contribution < -0.4 is 4.13 Å². The molecule has 0 fully saturated rings. The monoisotopic (exact) mass is 245 g/mol. The zero-order chi connectivity index (χ0) is 10.9. The topological polar surface area (TPSA) is 12.0 Å². The van der Waals surface area contributed by atoms with Crippen molar-refractivity contribution in [1.29, 1.82) is 0 Å². The van der Waals surface area contributed by atoms with Crippen molar-refractivity contribution in [3.8, 4) is 0 Å². The maximum Gasteiger partial charge on any atom is 0.449 e. The van der Waals surface area contributed by atoms with Gasteiger partial charge < -0.3 is 0 Å². The second kappa shape index (κ2) is 4.01. The summed E-state index contributed by atoms with van der Waals surface area (Å²) >= 11 is 0. The smallest absolute Gasteiger partial charge is 0.206 e. The van der Waals surface area contributed by atoms with E-state index in [-0.39, 0.29) is 0 Å². The fourth-order valence-corrected chi connectivity index (χ4v) is 1.94. The summed E-state index contributed by atoms with van der Waals surface area (Å²) in [6, 6.07) is 0. The molecule has 0 bridgehead atoms. The molecule has 0 aliphatic rings. The summed E-state index contributed by atoms with van der Waals surface area (Å²) in [6.07, 6.45) is 0. The van der Waals surface area contributed by atoms with Gasteiger partial charge in [0.25, 0.3) is 0 Å². The van der Waals surface area contributed by atoms with E-state index in [2.05, 4.69) is 11.7 Å². The van der Waals surface area contributed by atoms with Crippen molar-refractivity contribution in [3.63, 3.8) is 0 Å². The maximum atomic E-state index is 11.7. The van der Waals surface area contributed by atoms with E-state index in [0.717, 1.165) is 0 Å². The molecule has 1 nitrogen and oxygen atoms in total. The fourth-order valence-electron chi connectivity index (χ4n) is 0.216. The van der Waals surface area contributed by atoms with Gasteiger partial charge in [-0.25, -0.2) is 4.13 Å². The van der Waals surface area contributed by atoms with E-state index in [1.807, 2.05) is 0 Å². The summed E-state index contributed by atoms with van der Waals surface area (Å²) in [4.78, 5) is 0. The molecule has 0 aromatic heterocycles. The molecule has 0 aliphatic carbocycles. The summed E-state index contributed by atoms with van der Waals surface area (Å²) in [6.45, 7) is 0. The number of hydrogen-bond donors (Lipinski definition) is 1. The van der Waals surface area contributed by atoms with Crippen LogP contribution in [0.4, 0.5) is 26.3 Å². The molecular formula is C4H5F6NS2. The molecule has 1 N–H and O–H groups in total. The van der Waals surface area contributed by atoms with Crippen LogP contribution in [0.1, 0.15) is 0 Å². The third-order valence-corrected chi connectivity index (χ3v) is 3.49. The van der Waals surface area contributed by atoms with Crippen molar-refractivity contribution in [3.05, 3.63) is 0 Å². The Morgan fingerprint density at radius 3 is 1.15 bits per heavy atom. The van der Waals surface area contributed by atoms with Gasteiger partial charge in [0.15, 0.2) is 0 Å². The highest BCUT2D eigenvalue weighted by molar-refractivity contribution is 8.27. The summed E-state index contributed by atoms with van der Waals surface area (Å²) < 4.78 is 71.4. The highest BCUT2D eigenvalue weighted by atomic mass is 32.3. The van der Waals surface area contributed by atoms with Gasteiger partial charge in [-0.3, -0.25) is 0 Å². The van der Waals surface area contributed by atoms with E-state index in [9.17, 15) is 26.3 Å². The SMILES string of the molecule is C=S(NS(=C)C(F)(F)F)C(F)(F)F. The molecule has 0 radical (unpaired) electrons. The van der Waals surface area contributed by atoms with Gasteiger partial charge in [0, 0.05) is 0 Å². The molecular weight excluding hydrogens is 240 g/mol. The summed E-state index contributed by atoms with van der Waals surface area (Å²) in [5, 5.41) is 0. The van der Waals surface area contributed by atoms with Gasteiger partial charge in [0.05, 0.1) is 0 Å². The van der Waals surface area contributed by atoms with Crippen molar-refractivity contribution < 1.29 is 26.3 Å². The first-order valence-corrected chi connectivity index (χ1v) is 5.32. The van der Waals surface area contributed by atoms with Gasteiger partial charge in [-0.1, -0.05) is 11.7 Å². The van der Waals surface area contributed by atoms with Crippen LogP contribution in [-0.4, -0.2) is 22.8 Å². The Labute approximate surface area is 75.2 Å². The predicted octanol–water partition coefficient (Wildman–Crippen LogP) is 2.85. The molecule has 0 amide bonds. The lowest BCUT2D eigenvalue weighted by atomic mass is 11.6. The molecule has 0 saturated heterocycles. The van der Waals surface area contributed by atoms with Gasteiger partial charge in [-0.15, -0.1) is 0 Å². The summed E-state index contributed by atoms with van der Waals surface area (Å²) in [7, 11) is -5.47. The standard InChI is InChI=1S/C4H5F6NS2/c1-12(3(5,6)7)11-13(2)4(8,9)10/h11H,1-2H2. The second-order valence-corrected chi connectivity index (χ2v) is 4.91. The quantitative estimate of drug-likeness (QED) is 0.582. The van der Waals surface area contributed by atoms with E-state index >= 15 is 0 Å². The zero-order valence-corrected chi connectivity index (χ0v) is 7.63. The normalized spacial score (nSPS) is 18.3. The van der Waals surface area contributed by atoms with Crippen LogP contribution in [0.5, 0.6) is 0 Å². The van der Waals surface area contributed by atoms with Crippen LogP contribution in [0.2, 0.25) is 0 Å². The molecule has 0 rings (SSSR count). The minimum atomic E-state index is -4.77. The predicted molar refractivity (Wildman–Crippen MR) is 44.7 cm³/mol. The van der Waals surface area contributed by atoms with Crippen LogP contribution in [0.15, 0.2) is 0 Å². The van der Waals surface area contributed by atoms with E-state index in [0.29, 0.717) is 0 Å². The van der Waals surface area contributed by atoms with Crippen LogP contribution in [0.25, 0.3) is 0 Å². The van der Waals surface area contributed by atoms with Crippen molar-refractivity contribution >= 4 is 33.1 Å². The Balaban J connectivity index is 4.34. The van der Waals surface area contributed by atoms with Gasteiger partial charge in [-0.2, -0.15) is 26.3 Å². The van der Waals surface area contributed by atoms with Crippen molar-refractivity contribution in [2.45, 2.75) is 11.0 Å². The molecule has 0 aliphatic heterocycles. The Morgan fingerprint density at radius 1 is 0.769 bits per heavy atom. The average molecular weight is 245 g/mol. The van der Waals surface area contributed by atoms with E-state index < -0.39 is 32.4 Å². The summed E-state index contributed by atoms with van der Waals surface area (Å²) in [5.41, 5.74) is -9.54. The van der Waals surface area contributed by atoms with E-state index in [1.54, 1.807) is 0 Å². The minimum Gasteiger partial charge on any atom is -0.206 e. The molecule has 0 aromatic rings. The third kappa shape index (κ3) is 4.67. The number of halogens is 6. The number of rotatable bonds is 2. The second-order valence-electron chi connectivity index (χ2n) is 1.76. The fraction of sp³-hybridized carbons (Fsp3) is 0.500. The first-order valence-electron chi connectivity index (χ1n) is 2.53. The van der Waals surface area contributed by atoms with Crippen molar-refractivity contribution in [1.82, 2.24) is 4.13 Å². The highest BCUT2D eigenvalue weighted by Crippen LogP contribution is 2.41. The largest absolute Gasteiger partial charge is 0.449 e. The van der Waals surface area contributed by atoms with Crippen LogP contribution in [0.3, 0.4) is 0 Å². The molecule has 0 spiro atoms. The lowest BCUT2D eigenvalue weighted by Crippen LogP contribution is -2.18. The first kappa shape index (κ1) is 13.0. The maximum absolute atomic E-state index is 11.7. The summed E-state index contributed by atoms with van der Waals surface area (Å²) in [5.74, 6) is 5.04. The molecule has 2 atom stereocenters. The van der Waals surface area contributed by atoms with Gasteiger partial charge in [-0.05, 0) is 21.3 Å². The Bertz CT molecular complexity index is 204. The average Bonchev–Trinajstić information content (AvgIpc) is 1.82. The molecule has 9 heteroatoms. The van der Waals surface area contributed by atoms with Crippen LogP contribution >= 0.6 is 21.3 Å². The first-order chi connectivity index (χ1) is 5.55. The van der Waals surface area contributed by atoms with Crippen LogP contribution in [-0.2, 0) is 0 Å². The lowest BCUT2D eigenvalue weighted by molar-refractivity contribution is -0.0355.